The van der Waals surface area contributed by atoms with E-state index in [2.05, 4.69) is 36.4 Å². The molecular weight excluding hydrogens is 324 g/mol. The van der Waals surface area contributed by atoms with Gasteiger partial charge in [0.2, 0.25) is 0 Å². The van der Waals surface area contributed by atoms with E-state index in [0.29, 0.717) is 0 Å². The zero-order valence-corrected chi connectivity index (χ0v) is 15.1. The molecule has 0 saturated heterocycles. The SMILES string of the molecule is COc1ccc2cc(-c3c(OC)ccc4ccccc34)c(OC)cc2c1. The fraction of sp³-hybridized carbons (Fsp3) is 0.130. The Morgan fingerprint density at radius 2 is 1.35 bits per heavy atom. The molecule has 0 atom stereocenters. The van der Waals surface area contributed by atoms with E-state index in [1.54, 1.807) is 21.3 Å². The minimum absolute atomic E-state index is 0.806. The molecule has 0 heterocycles. The Labute approximate surface area is 152 Å². The first-order valence-corrected chi connectivity index (χ1v) is 8.47. The van der Waals surface area contributed by atoms with Crippen molar-refractivity contribution in [2.75, 3.05) is 21.3 Å². The number of benzene rings is 4. The predicted molar refractivity (Wildman–Crippen MR) is 107 cm³/mol. The van der Waals surface area contributed by atoms with Crippen molar-refractivity contribution in [1.29, 1.82) is 0 Å². The maximum atomic E-state index is 5.73. The molecule has 0 spiro atoms. The maximum Gasteiger partial charge on any atom is 0.127 e. The molecule has 0 radical (unpaired) electrons. The van der Waals surface area contributed by atoms with Crippen LogP contribution in [-0.4, -0.2) is 21.3 Å². The summed E-state index contributed by atoms with van der Waals surface area (Å²) >= 11 is 0. The highest BCUT2D eigenvalue weighted by Gasteiger charge is 2.16. The lowest BCUT2D eigenvalue weighted by Gasteiger charge is -2.16. The van der Waals surface area contributed by atoms with Crippen LogP contribution in [0.4, 0.5) is 0 Å². The second kappa shape index (κ2) is 6.60. The van der Waals surface area contributed by atoms with Gasteiger partial charge in [-0.25, -0.2) is 0 Å². The molecule has 0 fully saturated rings. The maximum absolute atomic E-state index is 5.73. The van der Waals surface area contributed by atoms with Gasteiger partial charge in [-0.2, -0.15) is 0 Å². The number of ether oxygens (including phenoxy) is 3. The summed E-state index contributed by atoms with van der Waals surface area (Å²) in [5.74, 6) is 2.46. The Morgan fingerprint density at radius 3 is 2.12 bits per heavy atom. The van der Waals surface area contributed by atoms with Crippen molar-refractivity contribution in [2.45, 2.75) is 0 Å². The number of hydrogen-bond acceptors (Lipinski definition) is 3. The summed E-state index contributed by atoms with van der Waals surface area (Å²) in [6, 6.07) is 22.7. The highest BCUT2D eigenvalue weighted by molar-refractivity contribution is 6.03. The zero-order chi connectivity index (χ0) is 18.1. The van der Waals surface area contributed by atoms with Crippen LogP contribution in [0.15, 0.2) is 66.7 Å². The fourth-order valence-corrected chi connectivity index (χ4v) is 3.45. The Bertz CT molecular complexity index is 1100. The van der Waals surface area contributed by atoms with E-state index in [4.69, 9.17) is 14.2 Å². The summed E-state index contributed by atoms with van der Waals surface area (Å²) in [6.45, 7) is 0. The lowest BCUT2D eigenvalue weighted by atomic mass is 9.94. The highest BCUT2D eigenvalue weighted by atomic mass is 16.5. The van der Waals surface area contributed by atoms with E-state index in [1.165, 1.54) is 5.39 Å². The van der Waals surface area contributed by atoms with Gasteiger partial charge < -0.3 is 14.2 Å². The minimum Gasteiger partial charge on any atom is -0.497 e. The monoisotopic (exact) mass is 344 g/mol. The summed E-state index contributed by atoms with van der Waals surface area (Å²) in [6.07, 6.45) is 0. The first-order valence-electron chi connectivity index (χ1n) is 8.47. The average molecular weight is 344 g/mol. The number of rotatable bonds is 4. The second-order valence-electron chi connectivity index (χ2n) is 6.13. The molecule has 0 saturated carbocycles. The molecule has 0 bridgehead atoms. The van der Waals surface area contributed by atoms with Gasteiger partial charge in [-0.3, -0.25) is 0 Å². The molecule has 0 aromatic heterocycles. The van der Waals surface area contributed by atoms with E-state index in [0.717, 1.165) is 44.5 Å². The smallest absolute Gasteiger partial charge is 0.127 e. The van der Waals surface area contributed by atoms with Gasteiger partial charge in [0.25, 0.3) is 0 Å². The first kappa shape index (κ1) is 16.3. The third-order valence-corrected chi connectivity index (χ3v) is 4.75. The van der Waals surface area contributed by atoms with Gasteiger partial charge in [-0.15, -0.1) is 0 Å². The molecule has 0 aliphatic rings. The Hall–Kier alpha value is -3.20. The molecule has 3 nitrogen and oxygen atoms in total. The van der Waals surface area contributed by atoms with Crippen LogP contribution < -0.4 is 14.2 Å². The fourth-order valence-electron chi connectivity index (χ4n) is 3.45. The molecular formula is C23H20O3. The van der Waals surface area contributed by atoms with Gasteiger partial charge in [-0.05, 0) is 51.9 Å². The highest BCUT2D eigenvalue weighted by Crippen LogP contribution is 2.43. The minimum atomic E-state index is 0.806. The van der Waals surface area contributed by atoms with Gasteiger partial charge in [0.1, 0.15) is 17.2 Å². The first-order chi connectivity index (χ1) is 12.7. The normalized spacial score (nSPS) is 10.9. The summed E-state index contributed by atoms with van der Waals surface area (Å²) in [5.41, 5.74) is 2.05. The second-order valence-corrected chi connectivity index (χ2v) is 6.13. The van der Waals surface area contributed by atoms with Crippen molar-refractivity contribution in [1.82, 2.24) is 0 Å². The molecule has 0 aliphatic heterocycles. The summed E-state index contributed by atoms with van der Waals surface area (Å²) in [5, 5.41) is 4.50. The van der Waals surface area contributed by atoms with Crippen LogP contribution in [0, 0.1) is 0 Å². The van der Waals surface area contributed by atoms with E-state index < -0.39 is 0 Å². The lowest BCUT2D eigenvalue weighted by molar-refractivity contribution is 0.411. The summed E-state index contributed by atoms with van der Waals surface area (Å²) < 4.78 is 16.8. The third kappa shape index (κ3) is 2.62. The summed E-state index contributed by atoms with van der Waals surface area (Å²) in [4.78, 5) is 0. The molecule has 4 rings (SSSR count). The Morgan fingerprint density at radius 1 is 0.577 bits per heavy atom. The topological polar surface area (TPSA) is 27.7 Å². The zero-order valence-electron chi connectivity index (χ0n) is 15.1. The molecule has 0 amide bonds. The van der Waals surface area contributed by atoms with Crippen molar-refractivity contribution in [2.24, 2.45) is 0 Å². The van der Waals surface area contributed by atoms with Gasteiger partial charge in [-0.1, -0.05) is 36.4 Å². The van der Waals surface area contributed by atoms with E-state index >= 15 is 0 Å². The summed E-state index contributed by atoms with van der Waals surface area (Å²) in [7, 11) is 5.07. The van der Waals surface area contributed by atoms with Crippen molar-refractivity contribution in [3.05, 3.63) is 66.7 Å². The van der Waals surface area contributed by atoms with Gasteiger partial charge in [0.15, 0.2) is 0 Å². The van der Waals surface area contributed by atoms with Crippen LogP contribution in [0.2, 0.25) is 0 Å². The van der Waals surface area contributed by atoms with Crippen molar-refractivity contribution in [3.63, 3.8) is 0 Å². The Kier molecular flexibility index (Phi) is 4.13. The number of methoxy groups -OCH3 is 3. The molecule has 0 unspecified atom stereocenters. The van der Waals surface area contributed by atoms with Crippen LogP contribution in [0.3, 0.4) is 0 Å². The van der Waals surface area contributed by atoms with Crippen LogP contribution in [0.5, 0.6) is 17.2 Å². The molecule has 0 N–H and O–H groups in total. The van der Waals surface area contributed by atoms with E-state index in [9.17, 15) is 0 Å². The largest absolute Gasteiger partial charge is 0.497 e. The van der Waals surface area contributed by atoms with Crippen LogP contribution >= 0.6 is 0 Å². The van der Waals surface area contributed by atoms with Crippen molar-refractivity contribution in [3.8, 4) is 28.4 Å². The van der Waals surface area contributed by atoms with Gasteiger partial charge >= 0.3 is 0 Å². The average Bonchev–Trinajstić information content (AvgIpc) is 2.71. The van der Waals surface area contributed by atoms with Gasteiger partial charge in [0.05, 0.1) is 21.3 Å². The standard InChI is InChI=1S/C23H20O3/c1-24-18-10-8-16-13-20(22(26-3)14-17(16)12-18)23-19-7-5-4-6-15(19)9-11-21(23)25-2/h4-14H,1-3H3. The van der Waals surface area contributed by atoms with Crippen LogP contribution in [0.1, 0.15) is 0 Å². The Balaban J connectivity index is 2.06. The molecule has 4 aromatic rings. The molecule has 3 heteroatoms. The third-order valence-electron chi connectivity index (χ3n) is 4.75. The quantitative estimate of drug-likeness (QED) is 0.476. The van der Waals surface area contributed by atoms with Crippen molar-refractivity contribution < 1.29 is 14.2 Å². The number of hydrogen-bond donors (Lipinski definition) is 0. The van der Waals surface area contributed by atoms with Crippen LogP contribution in [0.25, 0.3) is 32.7 Å². The molecule has 130 valence electrons. The molecule has 26 heavy (non-hydrogen) atoms. The molecule has 4 aromatic carbocycles. The lowest BCUT2D eigenvalue weighted by Crippen LogP contribution is -1.94. The predicted octanol–water partition coefficient (Wildman–Crippen LogP) is 5.69. The van der Waals surface area contributed by atoms with Gasteiger partial charge in [0, 0.05) is 11.1 Å². The van der Waals surface area contributed by atoms with E-state index in [1.807, 2.05) is 30.3 Å². The van der Waals surface area contributed by atoms with Crippen molar-refractivity contribution >= 4 is 21.5 Å². The number of fused-ring (bicyclic) bond motifs is 2. The van der Waals surface area contributed by atoms with E-state index in [-0.39, 0.29) is 0 Å². The van der Waals surface area contributed by atoms with Crippen LogP contribution in [-0.2, 0) is 0 Å². The molecule has 0 aliphatic carbocycles.